The number of likely N-dealkylation sites (N-methyl/N-ethyl adjacent to an activating group) is 1. The number of aromatic amines is 1. The first-order valence-corrected chi connectivity index (χ1v) is 6.71. The fraction of sp³-hybridized carbons (Fsp3) is 0.692. The van der Waals surface area contributed by atoms with Crippen molar-refractivity contribution in [2.24, 2.45) is 0 Å². The molecule has 6 nitrogen and oxygen atoms in total. The molecule has 1 aliphatic rings. The number of nitrogens with zero attached hydrogens (tertiary/aromatic N) is 2. The molecule has 2 rings (SSSR count). The van der Waals surface area contributed by atoms with E-state index in [0.717, 1.165) is 31.0 Å². The molecule has 2 N–H and O–H groups in total. The topological polar surface area (TPSA) is 70.2 Å². The quantitative estimate of drug-likeness (QED) is 0.784. The van der Waals surface area contributed by atoms with Gasteiger partial charge in [-0.3, -0.25) is 9.69 Å². The van der Waals surface area contributed by atoms with E-state index in [1.54, 1.807) is 6.20 Å². The Morgan fingerprint density at radius 1 is 1.68 bits per heavy atom. The van der Waals surface area contributed by atoms with E-state index >= 15 is 0 Å². The standard InChI is InChI=1S/C13H22N4O2/c1-10-6-14-12(16-10)8-17(2)9-13(18)15-7-11-4-3-5-19-11/h6,11H,3-5,7-9H2,1-2H3,(H,14,16)(H,15,18)/t11-/m0/s1. The Kier molecular flexibility index (Phi) is 4.93. The van der Waals surface area contributed by atoms with E-state index in [0.29, 0.717) is 19.6 Å². The van der Waals surface area contributed by atoms with Crippen molar-refractivity contribution in [1.29, 1.82) is 0 Å². The van der Waals surface area contributed by atoms with Crippen LogP contribution in [0.4, 0.5) is 0 Å². The van der Waals surface area contributed by atoms with Crippen LogP contribution < -0.4 is 5.32 Å². The van der Waals surface area contributed by atoms with Gasteiger partial charge < -0.3 is 15.0 Å². The molecule has 1 fully saturated rings. The van der Waals surface area contributed by atoms with Crippen molar-refractivity contribution in [1.82, 2.24) is 20.2 Å². The summed E-state index contributed by atoms with van der Waals surface area (Å²) in [5.41, 5.74) is 1.03. The molecule has 1 aromatic rings. The zero-order valence-electron chi connectivity index (χ0n) is 11.6. The Hall–Kier alpha value is -1.40. The van der Waals surface area contributed by atoms with Crippen LogP contribution in [-0.2, 0) is 16.1 Å². The largest absolute Gasteiger partial charge is 0.376 e. The van der Waals surface area contributed by atoms with Crippen LogP contribution in [0.25, 0.3) is 0 Å². The van der Waals surface area contributed by atoms with E-state index < -0.39 is 0 Å². The fourth-order valence-electron chi connectivity index (χ4n) is 2.19. The molecule has 6 heteroatoms. The third kappa shape index (κ3) is 4.65. The van der Waals surface area contributed by atoms with Gasteiger partial charge in [-0.25, -0.2) is 4.98 Å². The smallest absolute Gasteiger partial charge is 0.234 e. The SMILES string of the molecule is Cc1cnc(CN(C)CC(=O)NC[C@@H]2CCCO2)[nH]1. The van der Waals surface area contributed by atoms with E-state index in [9.17, 15) is 4.79 Å². The van der Waals surface area contributed by atoms with Gasteiger partial charge in [-0.1, -0.05) is 0 Å². The summed E-state index contributed by atoms with van der Waals surface area (Å²) >= 11 is 0. The van der Waals surface area contributed by atoms with E-state index in [1.807, 2.05) is 18.9 Å². The van der Waals surface area contributed by atoms with Gasteiger partial charge in [0.1, 0.15) is 5.82 Å². The molecule has 106 valence electrons. The average Bonchev–Trinajstić information content (AvgIpc) is 2.98. The number of hydrogen-bond acceptors (Lipinski definition) is 4. The second-order valence-electron chi connectivity index (χ2n) is 5.12. The summed E-state index contributed by atoms with van der Waals surface area (Å²) in [6.07, 6.45) is 4.13. The number of carbonyl (C=O) groups excluding carboxylic acids is 1. The van der Waals surface area contributed by atoms with Gasteiger partial charge in [0.15, 0.2) is 0 Å². The lowest BCUT2D eigenvalue weighted by molar-refractivity contribution is -0.122. The van der Waals surface area contributed by atoms with Crippen molar-refractivity contribution in [2.75, 3.05) is 26.7 Å². The van der Waals surface area contributed by atoms with E-state index in [-0.39, 0.29) is 12.0 Å². The summed E-state index contributed by atoms with van der Waals surface area (Å²) in [5, 5.41) is 2.91. The zero-order valence-corrected chi connectivity index (χ0v) is 11.6. The van der Waals surface area contributed by atoms with Crippen molar-refractivity contribution in [3.05, 3.63) is 17.7 Å². The van der Waals surface area contributed by atoms with Gasteiger partial charge in [0.25, 0.3) is 0 Å². The van der Waals surface area contributed by atoms with Crippen LogP contribution >= 0.6 is 0 Å². The molecule has 1 amide bonds. The number of nitrogens with one attached hydrogen (secondary N) is 2. The van der Waals surface area contributed by atoms with Gasteiger partial charge in [-0.05, 0) is 26.8 Å². The van der Waals surface area contributed by atoms with Gasteiger partial charge in [-0.15, -0.1) is 0 Å². The van der Waals surface area contributed by atoms with Crippen molar-refractivity contribution in [3.8, 4) is 0 Å². The van der Waals surface area contributed by atoms with Gasteiger partial charge in [0, 0.05) is 25.0 Å². The predicted molar refractivity (Wildman–Crippen MR) is 71.6 cm³/mol. The van der Waals surface area contributed by atoms with E-state index in [1.165, 1.54) is 0 Å². The first-order chi connectivity index (χ1) is 9.13. The van der Waals surface area contributed by atoms with E-state index in [2.05, 4.69) is 15.3 Å². The molecular weight excluding hydrogens is 244 g/mol. The number of aromatic nitrogens is 2. The van der Waals surface area contributed by atoms with Gasteiger partial charge in [0.05, 0.1) is 19.2 Å². The highest BCUT2D eigenvalue weighted by molar-refractivity contribution is 5.77. The van der Waals surface area contributed by atoms with Gasteiger partial charge >= 0.3 is 0 Å². The molecule has 0 radical (unpaired) electrons. The summed E-state index contributed by atoms with van der Waals surface area (Å²) in [7, 11) is 1.91. The lowest BCUT2D eigenvalue weighted by Crippen LogP contribution is -2.38. The summed E-state index contributed by atoms with van der Waals surface area (Å²) in [6.45, 7) is 4.41. The van der Waals surface area contributed by atoms with Crippen molar-refractivity contribution in [2.45, 2.75) is 32.4 Å². The highest BCUT2D eigenvalue weighted by Crippen LogP contribution is 2.10. The third-order valence-corrected chi connectivity index (χ3v) is 3.14. The molecule has 1 saturated heterocycles. The van der Waals surface area contributed by atoms with Crippen LogP contribution in [0.1, 0.15) is 24.4 Å². The Morgan fingerprint density at radius 2 is 2.53 bits per heavy atom. The highest BCUT2D eigenvalue weighted by Gasteiger charge is 2.16. The molecule has 0 aromatic carbocycles. The minimum atomic E-state index is 0.0290. The Morgan fingerprint density at radius 3 is 3.16 bits per heavy atom. The third-order valence-electron chi connectivity index (χ3n) is 3.14. The first-order valence-electron chi connectivity index (χ1n) is 6.71. The molecule has 2 heterocycles. The molecule has 1 aliphatic heterocycles. The number of H-pyrrole nitrogens is 1. The minimum Gasteiger partial charge on any atom is -0.376 e. The van der Waals surface area contributed by atoms with Crippen molar-refractivity contribution in [3.63, 3.8) is 0 Å². The lowest BCUT2D eigenvalue weighted by Gasteiger charge is -2.16. The maximum absolute atomic E-state index is 11.8. The monoisotopic (exact) mass is 266 g/mol. The molecule has 0 bridgehead atoms. The molecule has 19 heavy (non-hydrogen) atoms. The van der Waals surface area contributed by atoms with Gasteiger partial charge in [0.2, 0.25) is 5.91 Å². The van der Waals surface area contributed by atoms with Gasteiger partial charge in [-0.2, -0.15) is 0 Å². The molecule has 0 unspecified atom stereocenters. The number of ether oxygens (including phenoxy) is 1. The minimum absolute atomic E-state index is 0.0290. The van der Waals surface area contributed by atoms with Crippen molar-refractivity contribution < 1.29 is 9.53 Å². The molecule has 1 atom stereocenters. The number of amides is 1. The summed E-state index contributed by atoms with van der Waals surface area (Å²) in [6, 6.07) is 0. The van der Waals surface area contributed by atoms with Crippen LogP contribution in [0, 0.1) is 6.92 Å². The molecular formula is C13H22N4O2. The Labute approximate surface area is 113 Å². The summed E-state index contributed by atoms with van der Waals surface area (Å²) in [4.78, 5) is 21.1. The van der Waals surface area contributed by atoms with Crippen LogP contribution in [0.15, 0.2) is 6.20 Å². The molecule has 0 saturated carbocycles. The van der Waals surface area contributed by atoms with Crippen LogP contribution in [0.2, 0.25) is 0 Å². The second kappa shape index (κ2) is 6.68. The number of aryl methyl sites for hydroxylation is 1. The number of hydrogen-bond donors (Lipinski definition) is 2. The van der Waals surface area contributed by atoms with Crippen LogP contribution in [0.5, 0.6) is 0 Å². The lowest BCUT2D eigenvalue weighted by atomic mass is 10.2. The first kappa shape index (κ1) is 14.0. The summed E-state index contributed by atoms with van der Waals surface area (Å²) < 4.78 is 5.46. The van der Waals surface area contributed by atoms with E-state index in [4.69, 9.17) is 4.74 Å². The predicted octanol–water partition coefficient (Wildman–Crippen LogP) is 0.445. The average molecular weight is 266 g/mol. The summed E-state index contributed by atoms with van der Waals surface area (Å²) in [5.74, 6) is 0.910. The van der Waals surface area contributed by atoms with Crippen LogP contribution in [0.3, 0.4) is 0 Å². The fourth-order valence-corrected chi connectivity index (χ4v) is 2.19. The highest BCUT2D eigenvalue weighted by atomic mass is 16.5. The van der Waals surface area contributed by atoms with Crippen molar-refractivity contribution >= 4 is 5.91 Å². The maximum Gasteiger partial charge on any atom is 0.234 e. The molecule has 1 aromatic heterocycles. The molecule has 0 spiro atoms. The second-order valence-corrected chi connectivity index (χ2v) is 5.12. The molecule has 0 aliphatic carbocycles. The maximum atomic E-state index is 11.8. The Bertz CT molecular complexity index is 413. The number of imidazole rings is 1. The number of rotatable bonds is 6. The Balaban J connectivity index is 1.66. The van der Waals surface area contributed by atoms with Crippen LogP contribution in [-0.4, -0.2) is 53.6 Å². The normalized spacial score (nSPS) is 19.0. The zero-order chi connectivity index (χ0) is 13.7. The number of carbonyl (C=O) groups is 1.